The molecule has 0 atom stereocenters. The van der Waals surface area contributed by atoms with Crippen LogP contribution in [0.4, 0.5) is 0 Å². The topological polar surface area (TPSA) is 58.6 Å². The first-order valence-electron chi connectivity index (χ1n) is 3.84. The number of rotatable bonds is 1. The molecule has 0 fully saturated rings. The van der Waals surface area contributed by atoms with Crippen molar-refractivity contribution in [2.45, 2.75) is 6.92 Å². The fourth-order valence-electron chi connectivity index (χ4n) is 1.16. The summed E-state index contributed by atoms with van der Waals surface area (Å²) in [6.45, 7) is 1.98. The van der Waals surface area contributed by atoms with Gasteiger partial charge in [-0.05, 0) is 24.6 Å². The lowest BCUT2D eigenvalue weighted by Gasteiger charge is -1.87. The molecule has 0 amide bonds. The molecular weight excluding hydrogens is 168 g/mol. The molecule has 0 aliphatic heterocycles. The van der Waals surface area contributed by atoms with Crippen molar-refractivity contribution < 1.29 is 9.62 Å². The van der Waals surface area contributed by atoms with Crippen LogP contribution in [0.3, 0.4) is 0 Å². The zero-order chi connectivity index (χ0) is 9.26. The van der Waals surface area contributed by atoms with Crippen molar-refractivity contribution in [1.29, 1.82) is 0 Å². The second kappa shape index (κ2) is 2.90. The Morgan fingerprint density at radius 2 is 2.38 bits per heavy atom. The number of hydrogen-bond acceptors (Lipinski definition) is 4. The van der Waals surface area contributed by atoms with Crippen molar-refractivity contribution >= 4 is 17.3 Å². The van der Waals surface area contributed by atoms with E-state index in [2.05, 4.69) is 10.1 Å². The molecule has 1 aromatic heterocycles. The summed E-state index contributed by atoms with van der Waals surface area (Å²) in [6, 6.07) is 5.69. The Labute approximate surface area is 74.5 Å². The molecule has 2 rings (SSSR count). The van der Waals surface area contributed by atoms with E-state index >= 15 is 0 Å². The Hall–Kier alpha value is -1.84. The van der Waals surface area contributed by atoms with E-state index in [-0.39, 0.29) is 0 Å². The summed E-state index contributed by atoms with van der Waals surface area (Å²) >= 11 is 0. The molecule has 1 aromatic carbocycles. The van der Waals surface area contributed by atoms with E-state index in [1.54, 1.807) is 0 Å². The molecule has 0 spiro atoms. The Morgan fingerprint density at radius 1 is 1.54 bits per heavy atom. The van der Waals surface area contributed by atoms with Crippen molar-refractivity contribution in [3.8, 4) is 0 Å². The van der Waals surface area contributed by atoms with Gasteiger partial charge in [-0.2, -0.15) is 0 Å². The highest BCUT2D eigenvalue weighted by Crippen LogP contribution is 2.15. The molecule has 4 heteroatoms. The van der Waals surface area contributed by atoms with E-state index in [9.17, 15) is 0 Å². The summed E-state index contributed by atoms with van der Waals surface area (Å²) in [6.07, 6.45) is 1.16. The Kier molecular flexibility index (Phi) is 1.73. The third-order valence-corrected chi connectivity index (χ3v) is 1.73. The molecule has 1 N–H and O–H groups in total. The van der Waals surface area contributed by atoms with E-state index in [0.717, 1.165) is 17.3 Å². The first kappa shape index (κ1) is 7.79. The summed E-state index contributed by atoms with van der Waals surface area (Å²) < 4.78 is 5.24. The minimum Gasteiger partial charge on any atom is -0.435 e. The number of nitrogens with zero attached hydrogens (tertiary/aromatic N) is 2. The Bertz CT molecular complexity index is 460. The zero-order valence-corrected chi connectivity index (χ0v) is 7.06. The molecule has 0 saturated heterocycles. The molecule has 2 aromatic rings. The van der Waals surface area contributed by atoms with Crippen molar-refractivity contribution in [3.63, 3.8) is 0 Å². The molecule has 0 bridgehead atoms. The number of benzene rings is 1. The van der Waals surface area contributed by atoms with Gasteiger partial charge >= 0.3 is 0 Å². The number of oxime groups is 1. The number of aryl methyl sites for hydroxylation is 1. The van der Waals surface area contributed by atoms with Crippen molar-refractivity contribution in [2.75, 3.05) is 0 Å². The summed E-state index contributed by atoms with van der Waals surface area (Å²) in [5, 5.41) is 11.1. The van der Waals surface area contributed by atoms with E-state index in [1.165, 1.54) is 0 Å². The first-order chi connectivity index (χ1) is 6.29. The maximum Gasteiger partial charge on any atom is 0.241 e. The van der Waals surface area contributed by atoms with Crippen LogP contribution < -0.4 is 0 Å². The van der Waals surface area contributed by atoms with Crippen LogP contribution in [0, 0.1) is 6.92 Å². The predicted octanol–water partition coefficient (Wildman–Crippen LogP) is 1.94. The summed E-state index contributed by atoms with van der Waals surface area (Å²) in [4.78, 5) is 4.09. The van der Waals surface area contributed by atoms with Crippen LogP contribution >= 0.6 is 0 Å². The Balaban J connectivity index is 2.62. The van der Waals surface area contributed by atoms with Crippen molar-refractivity contribution in [1.82, 2.24) is 4.98 Å². The van der Waals surface area contributed by atoms with Crippen molar-refractivity contribution in [3.05, 3.63) is 29.7 Å². The van der Waals surface area contributed by atoms with Crippen LogP contribution in [0.25, 0.3) is 11.1 Å². The van der Waals surface area contributed by atoms with Gasteiger partial charge in [0.15, 0.2) is 5.58 Å². The maximum atomic E-state index is 8.27. The zero-order valence-electron chi connectivity index (χ0n) is 7.06. The van der Waals surface area contributed by atoms with E-state index in [0.29, 0.717) is 11.5 Å². The molecule has 13 heavy (non-hydrogen) atoms. The van der Waals surface area contributed by atoms with Gasteiger partial charge in [0.25, 0.3) is 0 Å². The third-order valence-electron chi connectivity index (χ3n) is 1.73. The van der Waals surface area contributed by atoms with E-state index in [4.69, 9.17) is 9.62 Å². The molecule has 0 saturated carbocycles. The molecule has 0 unspecified atom stereocenters. The van der Waals surface area contributed by atoms with Gasteiger partial charge in [0.1, 0.15) is 11.7 Å². The van der Waals surface area contributed by atoms with Crippen LogP contribution in [0.2, 0.25) is 0 Å². The number of oxazole rings is 1. The maximum absolute atomic E-state index is 8.27. The minimum atomic E-state index is 0.308. The van der Waals surface area contributed by atoms with Crippen LogP contribution in [-0.2, 0) is 0 Å². The second-order valence-corrected chi connectivity index (χ2v) is 2.77. The highest BCUT2D eigenvalue weighted by atomic mass is 16.4. The van der Waals surface area contributed by atoms with E-state index < -0.39 is 0 Å². The number of hydrogen-bond donors (Lipinski definition) is 1. The van der Waals surface area contributed by atoms with E-state index in [1.807, 2.05) is 25.1 Å². The van der Waals surface area contributed by atoms with Gasteiger partial charge in [-0.15, -0.1) is 0 Å². The number of aromatic nitrogens is 1. The van der Waals surface area contributed by atoms with Gasteiger partial charge in [0.05, 0.1) is 0 Å². The van der Waals surface area contributed by atoms with Crippen LogP contribution in [0.15, 0.2) is 27.8 Å². The molecule has 0 aliphatic rings. The molecule has 4 nitrogen and oxygen atoms in total. The summed E-state index contributed by atoms with van der Waals surface area (Å²) in [5.74, 6) is 0.308. The fraction of sp³-hybridized carbons (Fsp3) is 0.111. The van der Waals surface area contributed by atoms with Gasteiger partial charge in [0, 0.05) is 0 Å². The minimum absolute atomic E-state index is 0.308. The van der Waals surface area contributed by atoms with Gasteiger partial charge in [-0.25, -0.2) is 4.98 Å². The number of fused-ring (bicyclic) bond motifs is 1. The monoisotopic (exact) mass is 176 g/mol. The largest absolute Gasteiger partial charge is 0.435 e. The first-order valence-corrected chi connectivity index (χ1v) is 3.84. The average molecular weight is 176 g/mol. The molecule has 66 valence electrons. The average Bonchev–Trinajstić information content (AvgIpc) is 2.46. The predicted molar refractivity (Wildman–Crippen MR) is 48.1 cm³/mol. The molecule has 0 aliphatic carbocycles. The van der Waals surface area contributed by atoms with Gasteiger partial charge in [-0.1, -0.05) is 11.2 Å². The van der Waals surface area contributed by atoms with Crippen molar-refractivity contribution in [2.24, 2.45) is 5.16 Å². The quantitative estimate of drug-likeness (QED) is 0.410. The third kappa shape index (κ3) is 1.38. The fourth-order valence-corrected chi connectivity index (χ4v) is 1.16. The molecule has 0 radical (unpaired) electrons. The van der Waals surface area contributed by atoms with Gasteiger partial charge < -0.3 is 9.62 Å². The van der Waals surface area contributed by atoms with Crippen LogP contribution in [0.1, 0.15) is 11.5 Å². The molecular formula is C9H8N2O2. The highest BCUT2D eigenvalue weighted by Gasteiger charge is 2.02. The van der Waals surface area contributed by atoms with Crippen LogP contribution in [0.5, 0.6) is 0 Å². The van der Waals surface area contributed by atoms with Crippen LogP contribution in [-0.4, -0.2) is 16.4 Å². The normalized spacial score (nSPS) is 11.5. The lowest BCUT2D eigenvalue weighted by atomic mass is 10.2. The second-order valence-electron chi connectivity index (χ2n) is 2.77. The summed E-state index contributed by atoms with van der Waals surface area (Å²) in [7, 11) is 0. The highest BCUT2D eigenvalue weighted by molar-refractivity contribution is 5.81. The standard InChI is InChI=1S/C9H8N2O2/c1-6-2-3-8-7(4-6)11-9(13-8)5-10-12/h2-5,12H,1H3/b10-5+. The lowest BCUT2D eigenvalue weighted by Crippen LogP contribution is -1.77. The van der Waals surface area contributed by atoms with Gasteiger partial charge in [-0.3, -0.25) is 0 Å². The smallest absolute Gasteiger partial charge is 0.241 e. The summed E-state index contributed by atoms with van der Waals surface area (Å²) in [5.41, 5.74) is 2.59. The Morgan fingerprint density at radius 3 is 3.15 bits per heavy atom. The lowest BCUT2D eigenvalue weighted by molar-refractivity contribution is 0.320. The van der Waals surface area contributed by atoms with Gasteiger partial charge in [0.2, 0.25) is 5.89 Å². The SMILES string of the molecule is Cc1ccc2oc(/C=N/O)nc2c1. The molecule has 1 heterocycles.